The van der Waals surface area contributed by atoms with Crippen molar-refractivity contribution < 1.29 is 9.47 Å². The number of piperidine rings is 4. The first-order valence-electron chi connectivity index (χ1n) is 20.0. The maximum absolute atomic E-state index is 6.60. The molecule has 6 aliphatic rings. The fourth-order valence-corrected chi connectivity index (χ4v) is 10.5. The van der Waals surface area contributed by atoms with Crippen LogP contribution in [0.15, 0.2) is 71.3 Å². The monoisotopic (exact) mass is 765 g/mol. The van der Waals surface area contributed by atoms with Gasteiger partial charge in [0.05, 0.1) is 0 Å². The van der Waals surface area contributed by atoms with Crippen molar-refractivity contribution in [1.29, 1.82) is 0 Å². The van der Waals surface area contributed by atoms with Gasteiger partial charge < -0.3 is 24.3 Å². The summed E-state index contributed by atoms with van der Waals surface area (Å²) in [6.07, 6.45) is 14.1. The van der Waals surface area contributed by atoms with Crippen LogP contribution < -0.4 is 9.47 Å². The Labute approximate surface area is 318 Å². The standard InChI is InChI=1S/C26H31N3O.C18H25BrN2O/c1-28-12-7-23(8-13-28)29-14-9-26(10-15-29)18-22-17-20(3-5-25(22)30-26)19-2-4-24-21(16-19)6-11-27-24;1-20-8-4-16(5-9-20)21-10-6-18(7-11-21)13-14-12-15(19)2-3-17(14)22-18/h2-6,11,16-17,23,27H,7-10,12-15,18H2,1H3;2-3,12,16H,4-11,13H2,1H3. The Morgan fingerprint density at radius 1 is 0.596 bits per heavy atom. The molecule has 6 aliphatic heterocycles. The Kier molecular flexibility index (Phi) is 9.66. The second kappa shape index (κ2) is 14.4. The van der Waals surface area contributed by atoms with Crippen LogP contribution in [0, 0.1) is 0 Å². The molecule has 1 aromatic heterocycles. The van der Waals surface area contributed by atoms with Gasteiger partial charge in [-0.1, -0.05) is 28.1 Å². The molecule has 0 bridgehead atoms. The average Bonchev–Trinajstić information content (AvgIpc) is 3.87. The molecule has 4 fully saturated rings. The van der Waals surface area contributed by atoms with Gasteiger partial charge in [0.1, 0.15) is 22.7 Å². The van der Waals surface area contributed by atoms with Gasteiger partial charge in [0.25, 0.3) is 0 Å². The quantitative estimate of drug-likeness (QED) is 0.228. The first kappa shape index (κ1) is 34.9. The van der Waals surface area contributed by atoms with Crippen molar-refractivity contribution in [2.75, 3.05) is 66.5 Å². The number of aromatic amines is 1. The van der Waals surface area contributed by atoms with Crippen LogP contribution in [0.25, 0.3) is 22.0 Å². The molecular weight excluding hydrogens is 710 g/mol. The molecule has 276 valence electrons. The van der Waals surface area contributed by atoms with Gasteiger partial charge in [-0.2, -0.15) is 0 Å². The Morgan fingerprint density at radius 2 is 1.10 bits per heavy atom. The summed E-state index contributed by atoms with van der Waals surface area (Å²) in [6.45, 7) is 9.74. The van der Waals surface area contributed by atoms with E-state index in [1.54, 1.807) is 0 Å². The summed E-state index contributed by atoms with van der Waals surface area (Å²) in [7, 11) is 4.48. The molecule has 2 spiro atoms. The Hall–Kier alpha value is -2.88. The lowest BCUT2D eigenvalue weighted by Crippen LogP contribution is -2.52. The van der Waals surface area contributed by atoms with Crippen LogP contribution in [-0.4, -0.2) is 114 Å². The number of aromatic nitrogens is 1. The molecule has 0 atom stereocenters. The minimum Gasteiger partial charge on any atom is -0.487 e. The molecule has 0 saturated carbocycles. The zero-order valence-corrected chi connectivity index (χ0v) is 32.8. The molecule has 0 aliphatic carbocycles. The van der Waals surface area contributed by atoms with Gasteiger partial charge in [-0.15, -0.1) is 0 Å². The number of likely N-dealkylation sites (tertiary alicyclic amines) is 4. The third kappa shape index (κ3) is 7.18. The van der Waals surface area contributed by atoms with Crippen molar-refractivity contribution in [3.05, 3.63) is 82.5 Å². The van der Waals surface area contributed by atoms with Crippen molar-refractivity contribution >= 4 is 26.8 Å². The number of ether oxygens (including phenoxy) is 2. The highest BCUT2D eigenvalue weighted by Crippen LogP contribution is 2.44. The molecule has 0 radical (unpaired) electrons. The molecule has 10 rings (SSSR count). The summed E-state index contributed by atoms with van der Waals surface area (Å²) in [5.74, 6) is 2.21. The van der Waals surface area contributed by atoms with E-state index in [4.69, 9.17) is 9.47 Å². The molecule has 0 amide bonds. The predicted molar refractivity (Wildman–Crippen MR) is 215 cm³/mol. The Balaban J connectivity index is 0.000000145. The fourth-order valence-electron chi connectivity index (χ4n) is 10.1. The summed E-state index contributed by atoms with van der Waals surface area (Å²) in [4.78, 5) is 13.7. The maximum Gasteiger partial charge on any atom is 0.123 e. The molecule has 7 heterocycles. The van der Waals surface area contributed by atoms with Crippen molar-refractivity contribution in [3.8, 4) is 22.6 Å². The first-order chi connectivity index (χ1) is 25.3. The number of hydrogen-bond acceptors (Lipinski definition) is 6. The summed E-state index contributed by atoms with van der Waals surface area (Å²) < 4.78 is 14.1. The maximum atomic E-state index is 6.60. The molecular formula is C44H56BrN5O2. The number of benzene rings is 3. The van der Waals surface area contributed by atoms with E-state index in [9.17, 15) is 0 Å². The van der Waals surface area contributed by atoms with E-state index in [2.05, 4.69) is 115 Å². The van der Waals surface area contributed by atoms with Crippen molar-refractivity contribution in [2.45, 2.75) is 87.5 Å². The lowest BCUT2D eigenvalue weighted by molar-refractivity contribution is -0.00423. The minimum atomic E-state index is 0.0213. The molecule has 4 aromatic rings. The van der Waals surface area contributed by atoms with E-state index in [-0.39, 0.29) is 11.2 Å². The number of nitrogens with zero attached hydrogens (tertiary/aromatic N) is 4. The van der Waals surface area contributed by atoms with Crippen LogP contribution in [0.3, 0.4) is 0 Å². The van der Waals surface area contributed by atoms with E-state index >= 15 is 0 Å². The van der Waals surface area contributed by atoms with Crippen molar-refractivity contribution in [3.63, 3.8) is 0 Å². The third-order valence-electron chi connectivity index (χ3n) is 13.5. The van der Waals surface area contributed by atoms with E-state index in [1.807, 2.05) is 6.20 Å². The van der Waals surface area contributed by atoms with Crippen molar-refractivity contribution in [1.82, 2.24) is 24.6 Å². The average molecular weight is 767 g/mol. The molecule has 4 saturated heterocycles. The van der Waals surface area contributed by atoms with Crippen LogP contribution in [0.1, 0.15) is 62.5 Å². The van der Waals surface area contributed by atoms with Gasteiger partial charge in [-0.3, -0.25) is 9.80 Å². The van der Waals surface area contributed by atoms with Gasteiger partial charge in [-0.25, -0.2) is 0 Å². The molecule has 7 nitrogen and oxygen atoms in total. The number of fused-ring (bicyclic) bond motifs is 3. The number of H-pyrrole nitrogens is 1. The third-order valence-corrected chi connectivity index (χ3v) is 14.0. The summed E-state index contributed by atoms with van der Waals surface area (Å²) >= 11 is 3.58. The summed E-state index contributed by atoms with van der Waals surface area (Å²) in [5.41, 5.74) is 6.62. The molecule has 52 heavy (non-hydrogen) atoms. The van der Waals surface area contributed by atoms with Crippen LogP contribution >= 0.6 is 15.9 Å². The zero-order chi connectivity index (χ0) is 35.3. The van der Waals surface area contributed by atoms with Crippen LogP contribution in [0.4, 0.5) is 0 Å². The predicted octanol–water partition coefficient (Wildman–Crippen LogP) is 8.01. The molecule has 1 N–H and O–H groups in total. The fraction of sp³-hybridized carbons (Fsp3) is 0.545. The zero-order valence-electron chi connectivity index (χ0n) is 31.2. The molecule has 3 aromatic carbocycles. The number of nitrogens with one attached hydrogen (secondary N) is 1. The van der Waals surface area contributed by atoms with E-state index < -0.39 is 0 Å². The second-order valence-corrected chi connectivity index (χ2v) is 17.8. The Morgan fingerprint density at radius 3 is 1.67 bits per heavy atom. The van der Waals surface area contributed by atoms with Gasteiger partial charge in [0.2, 0.25) is 0 Å². The highest BCUT2D eigenvalue weighted by molar-refractivity contribution is 9.10. The topological polar surface area (TPSA) is 47.2 Å². The molecule has 0 unspecified atom stereocenters. The summed E-state index contributed by atoms with van der Waals surface area (Å²) in [6, 6.07) is 23.6. The first-order valence-corrected chi connectivity index (χ1v) is 20.8. The number of hydrogen-bond donors (Lipinski definition) is 1. The van der Waals surface area contributed by atoms with Crippen molar-refractivity contribution in [2.24, 2.45) is 0 Å². The SMILES string of the molecule is CN1CCC(N2CCC3(CC2)Cc2cc(-c4ccc5[nH]ccc5c4)ccc2O3)CC1.CN1CCC(N2CCC3(CC2)Cc2cc(Br)ccc2O3)CC1. The van der Waals surface area contributed by atoms with E-state index in [0.717, 1.165) is 53.7 Å². The van der Waals surface area contributed by atoms with Crippen LogP contribution in [0.5, 0.6) is 11.5 Å². The highest BCUT2D eigenvalue weighted by atomic mass is 79.9. The lowest BCUT2D eigenvalue weighted by Gasteiger charge is -2.44. The van der Waals surface area contributed by atoms with E-state index in [1.165, 1.54) is 124 Å². The largest absolute Gasteiger partial charge is 0.487 e. The van der Waals surface area contributed by atoms with E-state index in [0.29, 0.717) is 0 Å². The van der Waals surface area contributed by atoms with Crippen LogP contribution in [0.2, 0.25) is 0 Å². The van der Waals surface area contributed by atoms with Gasteiger partial charge in [-0.05, 0) is 142 Å². The number of halogens is 1. The Bertz CT molecular complexity index is 1860. The normalized spacial score (nSPS) is 24.0. The highest BCUT2D eigenvalue weighted by Gasteiger charge is 2.44. The summed E-state index contributed by atoms with van der Waals surface area (Å²) in [5, 5.41) is 1.27. The van der Waals surface area contributed by atoms with Gasteiger partial charge >= 0.3 is 0 Å². The number of rotatable bonds is 3. The second-order valence-electron chi connectivity index (χ2n) is 16.9. The lowest BCUT2D eigenvalue weighted by atomic mass is 9.85. The van der Waals surface area contributed by atoms with Gasteiger partial charge in [0.15, 0.2) is 0 Å². The minimum absolute atomic E-state index is 0.0213. The van der Waals surface area contributed by atoms with Crippen LogP contribution in [-0.2, 0) is 12.8 Å². The molecule has 8 heteroatoms. The van der Waals surface area contributed by atoms with Gasteiger partial charge in [0, 0.05) is 93.0 Å². The smallest absolute Gasteiger partial charge is 0.123 e.